The lowest BCUT2D eigenvalue weighted by Crippen LogP contribution is -2.37. The second-order valence-corrected chi connectivity index (χ2v) is 7.52. The van der Waals surface area contributed by atoms with E-state index in [-0.39, 0.29) is 11.6 Å². The van der Waals surface area contributed by atoms with Gasteiger partial charge in [0.2, 0.25) is 5.91 Å². The molecular formula is C22H28N4O4. The Morgan fingerprint density at radius 1 is 1.23 bits per heavy atom. The van der Waals surface area contributed by atoms with Gasteiger partial charge in [0.1, 0.15) is 0 Å². The van der Waals surface area contributed by atoms with Gasteiger partial charge in [-0.3, -0.25) is 14.9 Å². The third kappa shape index (κ3) is 5.77. The highest BCUT2D eigenvalue weighted by molar-refractivity contribution is 5.91. The minimum Gasteiger partial charge on any atom is -0.378 e. The molecule has 2 aromatic rings. The summed E-state index contributed by atoms with van der Waals surface area (Å²) in [5.41, 5.74) is 3.74. The topological polar surface area (TPSA) is 88.0 Å². The number of carbonyl (C=O) groups excluding carboxylic acids is 1. The zero-order valence-electron chi connectivity index (χ0n) is 17.5. The fraction of sp³-hybridized carbons (Fsp3) is 0.409. The van der Waals surface area contributed by atoms with E-state index in [9.17, 15) is 14.9 Å². The number of aryl methyl sites for hydroxylation is 1. The van der Waals surface area contributed by atoms with Crippen LogP contribution >= 0.6 is 0 Å². The Balaban J connectivity index is 1.53. The molecule has 0 atom stereocenters. The number of nitrogens with one attached hydrogen (secondary N) is 1. The van der Waals surface area contributed by atoms with E-state index in [0.29, 0.717) is 24.2 Å². The molecule has 2 aromatic carbocycles. The minimum atomic E-state index is -0.442. The normalized spacial score (nSPS) is 14.0. The molecule has 3 rings (SSSR count). The molecule has 0 bridgehead atoms. The first-order valence-electron chi connectivity index (χ1n) is 10.1. The summed E-state index contributed by atoms with van der Waals surface area (Å²) in [6.45, 7) is 6.36. The second kappa shape index (κ2) is 10.2. The molecule has 0 spiro atoms. The summed E-state index contributed by atoms with van der Waals surface area (Å²) >= 11 is 0. The molecule has 0 saturated carbocycles. The molecule has 8 heteroatoms. The Bertz CT molecular complexity index is 896. The maximum atomic E-state index is 12.4. The van der Waals surface area contributed by atoms with E-state index >= 15 is 0 Å². The predicted molar refractivity (Wildman–Crippen MR) is 117 cm³/mol. The number of para-hydroxylation sites is 1. The van der Waals surface area contributed by atoms with Crippen LogP contribution in [-0.2, 0) is 16.1 Å². The van der Waals surface area contributed by atoms with E-state index in [2.05, 4.69) is 27.2 Å². The van der Waals surface area contributed by atoms with Crippen molar-refractivity contribution in [3.63, 3.8) is 0 Å². The molecule has 1 aliphatic rings. The van der Waals surface area contributed by atoms with Crippen LogP contribution in [0, 0.1) is 17.0 Å². The van der Waals surface area contributed by atoms with Crippen LogP contribution in [0.4, 0.5) is 17.1 Å². The highest BCUT2D eigenvalue weighted by Gasteiger charge is 2.16. The number of nitrogens with zero attached hydrogens (tertiary/aromatic N) is 3. The van der Waals surface area contributed by atoms with Crippen LogP contribution < -0.4 is 10.2 Å². The molecule has 1 saturated heterocycles. The molecule has 8 nitrogen and oxygen atoms in total. The molecule has 0 aromatic heterocycles. The average molecular weight is 412 g/mol. The Hall–Kier alpha value is -2.97. The van der Waals surface area contributed by atoms with Gasteiger partial charge in [0.05, 0.1) is 18.1 Å². The molecule has 1 N–H and O–H groups in total. The van der Waals surface area contributed by atoms with Crippen LogP contribution in [0.2, 0.25) is 0 Å². The van der Waals surface area contributed by atoms with Crippen molar-refractivity contribution in [1.29, 1.82) is 0 Å². The van der Waals surface area contributed by atoms with Gasteiger partial charge < -0.3 is 19.9 Å². The lowest BCUT2D eigenvalue weighted by molar-refractivity contribution is -0.384. The van der Waals surface area contributed by atoms with Gasteiger partial charge in [-0.25, -0.2) is 0 Å². The van der Waals surface area contributed by atoms with Gasteiger partial charge in [-0.1, -0.05) is 18.2 Å². The summed E-state index contributed by atoms with van der Waals surface area (Å²) < 4.78 is 5.45. The molecule has 1 amide bonds. The number of rotatable bonds is 8. The average Bonchev–Trinajstić information content (AvgIpc) is 2.74. The number of anilines is 2. The molecule has 1 heterocycles. The van der Waals surface area contributed by atoms with Crippen molar-refractivity contribution >= 4 is 23.0 Å². The summed E-state index contributed by atoms with van der Waals surface area (Å²) in [5, 5.41) is 13.7. The van der Waals surface area contributed by atoms with Gasteiger partial charge in [-0.15, -0.1) is 0 Å². The van der Waals surface area contributed by atoms with E-state index in [0.717, 1.165) is 32.8 Å². The monoisotopic (exact) mass is 412 g/mol. The Morgan fingerprint density at radius 2 is 1.97 bits per heavy atom. The van der Waals surface area contributed by atoms with Crippen molar-refractivity contribution in [2.75, 3.05) is 50.1 Å². The Kier molecular flexibility index (Phi) is 7.37. The van der Waals surface area contributed by atoms with Crippen molar-refractivity contribution in [2.45, 2.75) is 19.9 Å². The van der Waals surface area contributed by atoms with Crippen molar-refractivity contribution in [3.05, 3.63) is 63.7 Å². The summed E-state index contributed by atoms with van der Waals surface area (Å²) in [7, 11) is 2.00. The molecule has 0 unspecified atom stereocenters. The number of non-ortho nitro benzene ring substituents is 1. The molecule has 30 heavy (non-hydrogen) atoms. The van der Waals surface area contributed by atoms with Crippen LogP contribution in [0.1, 0.15) is 17.5 Å². The van der Waals surface area contributed by atoms with Gasteiger partial charge in [0.25, 0.3) is 5.69 Å². The lowest BCUT2D eigenvalue weighted by Gasteiger charge is -2.31. The van der Waals surface area contributed by atoms with Crippen LogP contribution in [0.3, 0.4) is 0 Å². The van der Waals surface area contributed by atoms with Crippen LogP contribution in [0.5, 0.6) is 0 Å². The Labute approximate surface area is 176 Å². The molecular weight excluding hydrogens is 384 g/mol. The summed E-state index contributed by atoms with van der Waals surface area (Å²) in [6, 6.07) is 12.8. The Morgan fingerprint density at radius 3 is 2.67 bits per heavy atom. The third-order valence-corrected chi connectivity index (χ3v) is 5.20. The first-order chi connectivity index (χ1) is 14.4. The molecule has 0 radical (unpaired) electrons. The van der Waals surface area contributed by atoms with Crippen molar-refractivity contribution in [1.82, 2.24) is 4.90 Å². The van der Waals surface area contributed by atoms with Crippen molar-refractivity contribution in [3.8, 4) is 0 Å². The fourth-order valence-corrected chi connectivity index (χ4v) is 3.53. The van der Waals surface area contributed by atoms with E-state index in [4.69, 9.17) is 4.74 Å². The quantitative estimate of drug-likeness (QED) is 0.529. The zero-order valence-corrected chi connectivity index (χ0v) is 17.5. The first kappa shape index (κ1) is 21.7. The number of benzene rings is 2. The number of ether oxygens (including phenoxy) is 1. The third-order valence-electron chi connectivity index (χ3n) is 5.20. The molecule has 1 fully saturated rings. The van der Waals surface area contributed by atoms with Crippen LogP contribution in [0.25, 0.3) is 0 Å². The van der Waals surface area contributed by atoms with E-state index < -0.39 is 4.92 Å². The van der Waals surface area contributed by atoms with E-state index in [1.165, 1.54) is 23.4 Å². The SMILES string of the molecule is Cc1cc([N+](=O)[O-])ccc1NC(=O)CCN(C)Cc1ccccc1N1CCOCC1. The maximum Gasteiger partial charge on any atom is 0.269 e. The van der Waals surface area contributed by atoms with Crippen molar-refractivity contribution in [2.24, 2.45) is 0 Å². The summed E-state index contributed by atoms with van der Waals surface area (Å²) in [6.07, 6.45) is 0.340. The second-order valence-electron chi connectivity index (χ2n) is 7.52. The molecule has 160 valence electrons. The highest BCUT2D eigenvalue weighted by Crippen LogP contribution is 2.23. The maximum absolute atomic E-state index is 12.4. The lowest BCUT2D eigenvalue weighted by atomic mass is 10.1. The van der Waals surface area contributed by atoms with E-state index in [1.54, 1.807) is 13.0 Å². The highest BCUT2D eigenvalue weighted by atomic mass is 16.6. The summed E-state index contributed by atoms with van der Waals surface area (Å²) in [5.74, 6) is -0.111. The number of carbonyl (C=O) groups is 1. The number of hydrogen-bond donors (Lipinski definition) is 1. The standard InChI is InChI=1S/C22H28N4O4/c1-17-15-19(26(28)29)7-8-20(17)23-22(27)9-10-24(2)16-18-5-3-4-6-21(18)25-11-13-30-14-12-25/h3-8,15H,9-14,16H2,1-2H3,(H,23,27). The predicted octanol–water partition coefficient (Wildman–Crippen LogP) is 3.20. The molecule has 0 aliphatic carbocycles. The van der Waals surface area contributed by atoms with E-state index in [1.807, 2.05) is 19.2 Å². The van der Waals surface area contributed by atoms with Gasteiger partial charge >= 0.3 is 0 Å². The van der Waals surface area contributed by atoms with Crippen LogP contribution in [-0.4, -0.2) is 55.6 Å². The molecule has 1 aliphatic heterocycles. The first-order valence-corrected chi connectivity index (χ1v) is 10.1. The van der Waals surface area contributed by atoms with Gasteiger partial charge in [0, 0.05) is 56.1 Å². The van der Waals surface area contributed by atoms with Gasteiger partial charge in [0.15, 0.2) is 0 Å². The number of morpholine rings is 1. The zero-order chi connectivity index (χ0) is 21.5. The number of amides is 1. The summed E-state index contributed by atoms with van der Waals surface area (Å²) in [4.78, 5) is 27.2. The largest absolute Gasteiger partial charge is 0.378 e. The van der Waals surface area contributed by atoms with Gasteiger partial charge in [-0.05, 0) is 37.2 Å². The number of nitro benzene ring substituents is 1. The van der Waals surface area contributed by atoms with Gasteiger partial charge in [-0.2, -0.15) is 0 Å². The fourth-order valence-electron chi connectivity index (χ4n) is 3.53. The number of hydrogen-bond acceptors (Lipinski definition) is 6. The van der Waals surface area contributed by atoms with Crippen LogP contribution in [0.15, 0.2) is 42.5 Å². The number of nitro groups is 1. The smallest absolute Gasteiger partial charge is 0.269 e. The minimum absolute atomic E-state index is 0.0177. The van der Waals surface area contributed by atoms with Crippen molar-refractivity contribution < 1.29 is 14.5 Å².